The molecule has 160 valence electrons. The molecule has 0 aliphatic rings. The highest BCUT2D eigenvalue weighted by atomic mass is 32.2. The number of aryl methyl sites for hydroxylation is 1. The molecule has 0 unspecified atom stereocenters. The number of rotatable bonds is 11. The Morgan fingerprint density at radius 3 is 2.37 bits per heavy atom. The average molecular weight is 428 g/mol. The van der Waals surface area contributed by atoms with Gasteiger partial charge in [-0.1, -0.05) is 49.9 Å². The highest BCUT2D eigenvalue weighted by Gasteiger charge is 2.21. The number of nitriles is 1. The van der Waals surface area contributed by atoms with Gasteiger partial charge in [-0.15, -0.1) is 0 Å². The molecule has 2 rings (SSSR count). The van der Waals surface area contributed by atoms with Crippen LogP contribution in [0.5, 0.6) is 11.5 Å². The molecule has 5 nitrogen and oxygen atoms in total. The van der Waals surface area contributed by atoms with E-state index in [-0.39, 0.29) is 9.80 Å². The number of unbranched alkanes of at least 4 members (excludes halogenated alkanes) is 3. The lowest BCUT2D eigenvalue weighted by atomic mass is 10.2. The Hall–Kier alpha value is -2.78. The summed E-state index contributed by atoms with van der Waals surface area (Å²) in [5.74, 6) is 1.15. The Labute approximate surface area is 179 Å². The Bertz CT molecular complexity index is 1000. The van der Waals surface area contributed by atoms with Crippen molar-refractivity contribution in [3.63, 3.8) is 0 Å². The summed E-state index contributed by atoms with van der Waals surface area (Å²) in [6, 6.07) is 13.5. The van der Waals surface area contributed by atoms with Crippen LogP contribution >= 0.6 is 0 Å². The van der Waals surface area contributed by atoms with Gasteiger partial charge >= 0.3 is 0 Å². The summed E-state index contributed by atoms with van der Waals surface area (Å²) >= 11 is 0. The molecule has 0 saturated carbocycles. The predicted molar refractivity (Wildman–Crippen MR) is 119 cm³/mol. The van der Waals surface area contributed by atoms with E-state index in [9.17, 15) is 13.7 Å². The molecule has 0 aliphatic carbocycles. The number of allylic oxidation sites excluding steroid dienone is 1. The van der Waals surface area contributed by atoms with E-state index in [1.165, 1.54) is 24.6 Å². The number of nitrogens with zero attached hydrogens (tertiary/aromatic N) is 1. The van der Waals surface area contributed by atoms with Crippen molar-refractivity contribution in [3.05, 3.63) is 58.5 Å². The monoisotopic (exact) mass is 427 g/mol. The Morgan fingerprint density at radius 2 is 1.73 bits per heavy atom. The van der Waals surface area contributed by atoms with Gasteiger partial charge in [0, 0.05) is 0 Å². The fourth-order valence-corrected chi connectivity index (χ4v) is 4.04. The van der Waals surface area contributed by atoms with Crippen LogP contribution in [-0.4, -0.2) is 21.6 Å². The molecular weight excluding hydrogens is 398 g/mol. The van der Waals surface area contributed by atoms with Crippen LogP contribution in [0.25, 0.3) is 6.08 Å². The quantitative estimate of drug-likeness (QED) is 0.340. The van der Waals surface area contributed by atoms with Crippen LogP contribution in [0.3, 0.4) is 0 Å². The first-order valence-corrected chi connectivity index (χ1v) is 11.7. The Kier molecular flexibility index (Phi) is 8.94. The third kappa shape index (κ3) is 6.36. The lowest BCUT2D eigenvalue weighted by molar-refractivity contribution is 0.270. The molecular formula is C24H29NO4S. The van der Waals surface area contributed by atoms with E-state index in [4.69, 9.17) is 9.47 Å². The molecule has 0 aromatic heterocycles. The summed E-state index contributed by atoms with van der Waals surface area (Å²) in [6.07, 6.45) is 5.79. The van der Waals surface area contributed by atoms with Crippen LogP contribution in [0.1, 0.15) is 50.7 Å². The number of hydrogen-bond donors (Lipinski definition) is 0. The van der Waals surface area contributed by atoms with Crippen LogP contribution in [0.2, 0.25) is 0 Å². The van der Waals surface area contributed by atoms with Crippen LogP contribution in [0, 0.1) is 18.3 Å². The fourth-order valence-electron chi connectivity index (χ4n) is 2.88. The zero-order valence-corrected chi connectivity index (χ0v) is 18.7. The van der Waals surface area contributed by atoms with Gasteiger partial charge in [0.25, 0.3) is 0 Å². The molecule has 0 heterocycles. The lowest BCUT2D eigenvalue weighted by Gasteiger charge is -2.13. The normalized spacial score (nSPS) is 11.7. The van der Waals surface area contributed by atoms with Crippen molar-refractivity contribution < 1.29 is 17.9 Å². The van der Waals surface area contributed by atoms with Crippen LogP contribution in [-0.2, 0) is 9.84 Å². The van der Waals surface area contributed by atoms with E-state index in [0.29, 0.717) is 30.3 Å². The second-order valence-electron chi connectivity index (χ2n) is 6.99. The highest BCUT2D eigenvalue weighted by molar-refractivity contribution is 7.95. The van der Waals surface area contributed by atoms with Crippen LogP contribution in [0.4, 0.5) is 0 Å². The molecule has 0 bridgehead atoms. The summed E-state index contributed by atoms with van der Waals surface area (Å²) in [5.41, 5.74) is 1.51. The predicted octanol–water partition coefficient (Wildman–Crippen LogP) is 5.69. The first kappa shape index (κ1) is 23.5. The maximum Gasteiger partial charge on any atom is 0.216 e. The second-order valence-corrected chi connectivity index (χ2v) is 8.90. The van der Waals surface area contributed by atoms with E-state index >= 15 is 0 Å². The molecule has 0 spiro atoms. The Balaban J connectivity index is 2.28. The molecule has 2 aromatic rings. The van der Waals surface area contributed by atoms with Gasteiger partial charge in [0.05, 0.1) is 18.1 Å². The van der Waals surface area contributed by atoms with Gasteiger partial charge in [0.1, 0.15) is 11.0 Å². The van der Waals surface area contributed by atoms with E-state index in [1.54, 1.807) is 30.3 Å². The maximum absolute atomic E-state index is 12.8. The molecule has 0 aliphatic heterocycles. The van der Waals surface area contributed by atoms with Crippen molar-refractivity contribution in [2.45, 2.75) is 51.3 Å². The van der Waals surface area contributed by atoms with Crippen LogP contribution < -0.4 is 9.47 Å². The van der Waals surface area contributed by atoms with Gasteiger partial charge in [0.2, 0.25) is 9.84 Å². The number of hydrogen-bond acceptors (Lipinski definition) is 5. The maximum atomic E-state index is 12.8. The average Bonchev–Trinajstić information content (AvgIpc) is 2.73. The third-order valence-corrected chi connectivity index (χ3v) is 6.23. The minimum absolute atomic E-state index is 0.0953. The van der Waals surface area contributed by atoms with Crippen molar-refractivity contribution >= 4 is 15.9 Å². The summed E-state index contributed by atoms with van der Waals surface area (Å²) in [7, 11) is -3.90. The van der Waals surface area contributed by atoms with Gasteiger partial charge in [0.15, 0.2) is 11.5 Å². The van der Waals surface area contributed by atoms with Gasteiger partial charge in [-0.05, 0) is 56.2 Å². The van der Waals surface area contributed by atoms with Gasteiger partial charge in [-0.2, -0.15) is 5.26 Å². The smallest absolute Gasteiger partial charge is 0.216 e. The molecule has 0 amide bonds. The lowest BCUT2D eigenvalue weighted by Crippen LogP contribution is -2.04. The molecule has 0 fully saturated rings. The molecule has 30 heavy (non-hydrogen) atoms. The third-order valence-electron chi connectivity index (χ3n) is 4.55. The van der Waals surface area contributed by atoms with E-state index in [1.807, 2.05) is 19.9 Å². The number of ether oxygens (including phenoxy) is 2. The van der Waals surface area contributed by atoms with Crippen LogP contribution in [0.15, 0.2) is 52.3 Å². The van der Waals surface area contributed by atoms with Crippen molar-refractivity contribution in [2.24, 2.45) is 0 Å². The number of benzene rings is 2. The minimum Gasteiger partial charge on any atom is -0.490 e. The molecule has 0 atom stereocenters. The van der Waals surface area contributed by atoms with Crippen molar-refractivity contribution in [1.29, 1.82) is 5.26 Å². The van der Waals surface area contributed by atoms with E-state index < -0.39 is 9.84 Å². The van der Waals surface area contributed by atoms with Crippen molar-refractivity contribution in [3.8, 4) is 17.6 Å². The van der Waals surface area contributed by atoms with Gasteiger partial charge < -0.3 is 9.47 Å². The largest absolute Gasteiger partial charge is 0.490 e. The van der Waals surface area contributed by atoms with E-state index in [2.05, 4.69) is 6.92 Å². The van der Waals surface area contributed by atoms with Crippen molar-refractivity contribution in [1.82, 2.24) is 0 Å². The number of sulfone groups is 1. The molecule has 0 radical (unpaired) electrons. The Morgan fingerprint density at radius 1 is 1.00 bits per heavy atom. The first-order valence-electron chi connectivity index (χ1n) is 10.3. The summed E-state index contributed by atoms with van der Waals surface area (Å²) < 4.78 is 37.2. The van der Waals surface area contributed by atoms with Gasteiger partial charge in [-0.3, -0.25) is 0 Å². The summed E-state index contributed by atoms with van der Waals surface area (Å²) in [6.45, 7) is 6.96. The standard InChI is InChI=1S/C24H29NO4S/c1-4-6-7-8-15-29-23-14-11-20(17-24(23)28-5-2)16-22(18-25)30(26,27)21-12-9-19(3)10-13-21/h9-14,16-17H,4-8,15H2,1-3H3. The highest BCUT2D eigenvalue weighted by Crippen LogP contribution is 2.30. The van der Waals surface area contributed by atoms with Crippen molar-refractivity contribution in [2.75, 3.05) is 13.2 Å². The SMILES string of the molecule is CCCCCCOc1ccc(C=C(C#N)S(=O)(=O)c2ccc(C)cc2)cc1OCC. The van der Waals surface area contributed by atoms with E-state index in [0.717, 1.165) is 24.8 Å². The summed E-state index contributed by atoms with van der Waals surface area (Å²) in [4.78, 5) is -0.222. The molecule has 0 saturated heterocycles. The first-order chi connectivity index (χ1) is 14.4. The zero-order valence-electron chi connectivity index (χ0n) is 17.8. The zero-order chi connectivity index (χ0) is 22.0. The minimum atomic E-state index is -3.90. The van der Waals surface area contributed by atoms with Gasteiger partial charge in [-0.25, -0.2) is 8.42 Å². The molecule has 2 aromatic carbocycles. The fraction of sp³-hybridized carbons (Fsp3) is 0.375. The summed E-state index contributed by atoms with van der Waals surface area (Å²) in [5, 5.41) is 9.50. The topological polar surface area (TPSA) is 76.4 Å². The second kappa shape index (κ2) is 11.4. The molecule has 6 heteroatoms. The molecule has 0 N–H and O–H groups in total.